The monoisotopic (exact) mass is 614 g/mol. The first kappa shape index (κ1) is 27.4. The minimum atomic E-state index is -2.08. The fourth-order valence-corrected chi connectivity index (χ4v) is 9.87. The van der Waals surface area contributed by atoms with Crippen molar-refractivity contribution < 1.29 is 9.13 Å². The molecule has 0 bridgehead atoms. The lowest BCUT2D eigenvalue weighted by molar-refractivity contribution is 0.434. The average Bonchev–Trinajstić information content (AvgIpc) is 3.07. The van der Waals surface area contributed by atoms with E-state index in [0.717, 1.165) is 71.6 Å². The molecule has 33 heavy (non-hydrogen) atoms. The van der Waals surface area contributed by atoms with Crippen molar-refractivity contribution in [2.75, 3.05) is 37.0 Å². The van der Waals surface area contributed by atoms with E-state index >= 15 is 0 Å². The van der Waals surface area contributed by atoms with Crippen LogP contribution in [0, 0.1) is 0 Å². The van der Waals surface area contributed by atoms with Gasteiger partial charge in [-0.15, -0.1) is 0 Å². The first-order valence-electron chi connectivity index (χ1n) is 12.4. The van der Waals surface area contributed by atoms with Crippen LogP contribution in [0.4, 0.5) is 0 Å². The van der Waals surface area contributed by atoms with E-state index in [1.807, 2.05) is 0 Å². The molecule has 0 N–H and O–H groups in total. The molecule has 2 nitrogen and oxygen atoms in total. The molecule has 0 atom stereocenters. The average molecular weight is 616 g/mol. The summed E-state index contributed by atoms with van der Waals surface area (Å²) in [7, 11) is -4.16. The molecule has 0 fully saturated rings. The van der Waals surface area contributed by atoms with Gasteiger partial charge in [-0.1, -0.05) is 71.7 Å². The third kappa shape index (κ3) is 5.82. The zero-order valence-electron chi connectivity index (χ0n) is 20.5. The summed E-state index contributed by atoms with van der Waals surface area (Å²) in [5.74, 6) is 0. The van der Waals surface area contributed by atoms with E-state index in [1.165, 1.54) is 22.3 Å². The van der Waals surface area contributed by atoms with Gasteiger partial charge in [0, 0.05) is 26.7 Å². The fourth-order valence-electron chi connectivity index (χ4n) is 5.52. The Hall–Kier alpha value is -0.140. The van der Waals surface area contributed by atoms with E-state index in [9.17, 15) is 9.13 Å². The molecule has 0 aliphatic heterocycles. The van der Waals surface area contributed by atoms with Crippen LogP contribution in [0.15, 0.2) is 45.3 Å². The summed E-state index contributed by atoms with van der Waals surface area (Å²) in [5, 5.41) is 0. The molecule has 0 spiro atoms. The van der Waals surface area contributed by atoms with E-state index in [2.05, 4.69) is 96.0 Å². The second-order valence-electron chi connectivity index (χ2n) is 9.50. The molecule has 0 unspecified atom stereocenters. The van der Waals surface area contributed by atoms with Crippen LogP contribution >= 0.6 is 46.1 Å². The number of rotatable bonds is 12. The largest absolute Gasteiger partial charge is 0.324 e. The highest BCUT2D eigenvalue weighted by Crippen LogP contribution is 2.57. The Kier molecular flexibility index (Phi) is 9.38. The lowest BCUT2D eigenvalue weighted by Gasteiger charge is -2.34. The van der Waals surface area contributed by atoms with Crippen LogP contribution < -0.4 is 0 Å². The van der Waals surface area contributed by atoms with E-state index in [0.29, 0.717) is 0 Å². The number of fused-ring (bicyclic) bond motifs is 3. The molecule has 182 valence electrons. The standard InChI is InChI=1S/C27H38Br2O2P2/c1-5-32(30,6-2)17-9-15-27(16-10-18-33(31,7-3)8-4)25-19-21(28)11-13-23(25)24-14-12-22(29)20-26(24)27/h11-14,19-20H,5-10,15-18H2,1-4H3. The molecule has 2 aromatic rings. The zero-order chi connectivity index (χ0) is 24.3. The molecule has 1 aliphatic rings. The Labute approximate surface area is 217 Å². The Morgan fingerprint density at radius 2 is 1.03 bits per heavy atom. The van der Waals surface area contributed by atoms with Crippen LogP contribution in [-0.2, 0) is 14.5 Å². The fraction of sp³-hybridized carbons (Fsp3) is 0.556. The van der Waals surface area contributed by atoms with Crippen molar-refractivity contribution in [1.29, 1.82) is 0 Å². The maximum Gasteiger partial charge on any atom is 0.0872 e. The second kappa shape index (κ2) is 11.3. The van der Waals surface area contributed by atoms with Gasteiger partial charge in [0.1, 0.15) is 0 Å². The summed E-state index contributed by atoms with van der Waals surface area (Å²) in [4.78, 5) is 0. The lowest BCUT2D eigenvalue weighted by Crippen LogP contribution is -2.26. The summed E-state index contributed by atoms with van der Waals surface area (Å²) in [6.45, 7) is 8.28. The molecule has 2 aromatic carbocycles. The number of hydrogen-bond donors (Lipinski definition) is 0. The van der Waals surface area contributed by atoms with Crippen molar-refractivity contribution in [3.05, 3.63) is 56.5 Å². The Morgan fingerprint density at radius 1 is 0.667 bits per heavy atom. The van der Waals surface area contributed by atoms with Crippen molar-refractivity contribution in [1.82, 2.24) is 0 Å². The van der Waals surface area contributed by atoms with Crippen molar-refractivity contribution >= 4 is 46.1 Å². The summed E-state index contributed by atoms with van der Waals surface area (Å²) < 4.78 is 28.6. The number of halogens is 2. The minimum Gasteiger partial charge on any atom is -0.324 e. The van der Waals surface area contributed by atoms with E-state index in [4.69, 9.17) is 0 Å². The van der Waals surface area contributed by atoms with Gasteiger partial charge in [0.05, 0.1) is 14.3 Å². The maximum atomic E-state index is 13.2. The van der Waals surface area contributed by atoms with Crippen LogP contribution in [0.2, 0.25) is 0 Å². The molecule has 0 radical (unpaired) electrons. The highest BCUT2D eigenvalue weighted by Gasteiger charge is 2.43. The summed E-state index contributed by atoms with van der Waals surface area (Å²) in [6, 6.07) is 13.3. The van der Waals surface area contributed by atoms with Crippen molar-refractivity contribution in [3.63, 3.8) is 0 Å². The van der Waals surface area contributed by atoms with Gasteiger partial charge in [-0.2, -0.15) is 0 Å². The van der Waals surface area contributed by atoms with Gasteiger partial charge in [-0.3, -0.25) is 0 Å². The third-order valence-corrected chi connectivity index (χ3v) is 15.8. The van der Waals surface area contributed by atoms with Crippen LogP contribution in [0.5, 0.6) is 0 Å². The maximum absolute atomic E-state index is 13.2. The van der Waals surface area contributed by atoms with E-state index in [-0.39, 0.29) is 5.41 Å². The topological polar surface area (TPSA) is 34.1 Å². The summed E-state index contributed by atoms with van der Waals surface area (Å²) >= 11 is 7.44. The van der Waals surface area contributed by atoms with Gasteiger partial charge in [-0.25, -0.2) is 0 Å². The van der Waals surface area contributed by atoms with Gasteiger partial charge >= 0.3 is 0 Å². The highest BCUT2D eigenvalue weighted by atomic mass is 79.9. The van der Waals surface area contributed by atoms with Gasteiger partial charge in [0.2, 0.25) is 0 Å². The van der Waals surface area contributed by atoms with Crippen LogP contribution in [-0.4, -0.2) is 37.0 Å². The van der Waals surface area contributed by atoms with E-state index < -0.39 is 14.3 Å². The zero-order valence-corrected chi connectivity index (χ0v) is 25.5. The minimum absolute atomic E-state index is 0.128. The van der Waals surface area contributed by atoms with Crippen LogP contribution in [0.3, 0.4) is 0 Å². The quantitative estimate of drug-likeness (QED) is 0.223. The molecular weight excluding hydrogens is 578 g/mol. The predicted octanol–water partition coefficient (Wildman–Crippen LogP) is 9.84. The third-order valence-electron chi connectivity index (χ3n) is 7.93. The molecule has 0 heterocycles. The molecule has 0 saturated carbocycles. The Bertz CT molecular complexity index is 978. The van der Waals surface area contributed by atoms with Gasteiger partial charge < -0.3 is 9.13 Å². The Balaban J connectivity index is 2.04. The molecule has 1 aliphatic carbocycles. The summed E-state index contributed by atoms with van der Waals surface area (Å²) in [5.41, 5.74) is 5.23. The first-order valence-corrected chi connectivity index (χ1v) is 18.5. The molecular formula is C27H38Br2O2P2. The van der Waals surface area contributed by atoms with Crippen molar-refractivity contribution in [2.45, 2.75) is 58.8 Å². The van der Waals surface area contributed by atoms with Crippen molar-refractivity contribution in [3.8, 4) is 11.1 Å². The lowest BCUT2D eigenvalue weighted by atomic mass is 9.71. The first-order chi connectivity index (χ1) is 15.7. The smallest absolute Gasteiger partial charge is 0.0872 e. The van der Waals surface area contributed by atoms with Crippen molar-refractivity contribution in [2.24, 2.45) is 0 Å². The summed E-state index contributed by atoms with van der Waals surface area (Å²) in [6.07, 6.45) is 8.65. The molecule has 0 saturated heterocycles. The molecule has 0 amide bonds. The SMILES string of the molecule is CCP(=O)(CC)CCCC1(CCCP(=O)(CC)CC)c2cc(Br)ccc2-c2ccc(Br)cc21. The molecule has 3 rings (SSSR count). The number of hydrogen-bond acceptors (Lipinski definition) is 2. The van der Waals surface area contributed by atoms with Gasteiger partial charge in [0.25, 0.3) is 0 Å². The van der Waals surface area contributed by atoms with E-state index in [1.54, 1.807) is 0 Å². The number of benzene rings is 2. The Morgan fingerprint density at radius 3 is 1.36 bits per heavy atom. The highest BCUT2D eigenvalue weighted by molar-refractivity contribution is 9.10. The molecule has 6 heteroatoms. The predicted molar refractivity (Wildman–Crippen MR) is 154 cm³/mol. The normalized spacial score (nSPS) is 14.8. The van der Waals surface area contributed by atoms with Gasteiger partial charge in [0.15, 0.2) is 0 Å². The van der Waals surface area contributed by atoms with Crippen LogP contribution in [0.1, 0.15) is 64.5 Å². The van der Waals surface area contributed by atoms with Gasteiger partial charge in [-0.05, 0) is 96.9 Å². The van der Waals surface area contributed by atoms with Crippen LogP contribution in [0.25, 0.3) is 11.1 Å². The molecule has 0 aromatic heterocycles. The second-order valence-corrected chi connectivity index (χ2v) is 19.0.